The van der Waals surface area contributed by atoms with Gasteiger partial charge in [-0.1, -0.05) is 17.7 Å². The van der Waals surface area contributed by atoms with E-state index in [2.05, 4.69) is 31.2 Å². The zero-order valence-electron chi connectivity index (χ0n) is 10.7. The van der Waals surface area contributed by atoms with Crippen molar-refractivity contribution < 1.29 is 4.79 Å². The van der Waals surface area contributed by atoms with Crippen molar-refractivity contribution in [2.75, 3.05) is 5.32 Å². The number of pyridine rings is 2. The van der Waals surface area contributed by atoms with Gasteiger partial charge in [0, 0.05) is 17.1 Å². The minimum absolute atomic E-state index is 0.211. The Morgan fingerprint density at radius 1 is 1.19 bits per heavy atom. The van der Waals surface area contributed by atoms with Crippen LogP contribution in [0.4, 0.5) is 5.69 Å². The van der Waals surface area contributed by atoms with Crippen LogP contribution >= 0.6 is 27.5 Å². The van der Waals surface area contributed by atoms with Crippen LogP contribution in [0.3, 0.4) is 0 Å². The van der Waals surface area contributed by atoms with Crippen molar-refractivity contribution in [2.24, 2.45) is 0 Å². The number of carbonyl (C=O) groups excluding carboxylic acids is 1. The van der Waals surface area contributed by atoms with E-state index in [0.717, 1.165) is 10.9 Å². The molecule has 0 bridgehead atoms. The summed E-state index contributed by atoms with van der Waals surface area (Å²) in [6, 6.07) is 10.8. The maximum atomic E-state index is 12.2. The number of aromatic nitrogens is 2. The van der Waals surface area contributed by atoms with E-state index >= 15 is 0 Å². The fourth-order valence-corrected chi connectivity index (χ4v) is 2.36. The van der Waals surface area contributed by atoms with E-state index in [1.807, 2.05) is 18.2 Å². The molecule has 0 aliphatic rings. The topological polar surface area (TPSA) is 54.9 Å². The second-order valence-electron chi connectivity index (χ2n) is 4.36. The summed E-state index contributed by atoms with van der Waals surface area (Å²) in [4.78, 5) is 20.4. The molecular weight excluding hydrogens is 354 g/mol. The van der Waals surface area contributed by atoms with Crippen molar-refractivity contribution in [1.29, 1.82) is 0 Å². The highest BCUT2D eigenvalue weighted by Crippen LogP contribution is 2.23. The lowest BCUT2D eigenvalue weighted by Crippen LogP contribution is -2.12. The first kappa shape index (κ1) is 14.0. The number of amides is 1. The molecule has 0 aliphatic carbocycles. The van der Waals surface area contributed by atoms with Gasteiger partial charge in [0.05, 0.1) is 21.9 Å². The molecular formula is C15H9BrClN3O. The van der Waals surface area contributed by atoms with Crippen LogP contribution in [-0.2, 0) is 0 Å². The van der Waals surface area contributed by atoms with Gasteiger partial charge in [-0.25, -0.2) is 4.98 Å². The maximum Gasteiger partial charge on any atom is 0.255 e. The number of fused-ring (bicyclic) bond motifs is 1. The van der Waals surface area contributed by atoms with E-state index in [1.54, 1.807) is 24.4 Å². The van der Waals surface area contributed by atoms with Gasteiger partial charge >= 0.3 is 0 Å². The Kier molecular flexibility index (Phi) is 3.86. The average Bonchev–Trinajstić information content (AvgIpc) is 2.50. The fraction of sp³-hybridized carbons (Fsp3) is 0. The molecule has 0 saturated heterocycles. The molecule has 1 aromatic carbocycles. The summed E-state index contributed by atoms with van der Waals surface area (Å²) >= 11 is 9.09. The van der Waals surface area contributed by atoms with Crippen LogP contribution in [-0.4, -0.2) is 15.9 Å². The lowest BCUT2D eigenvalue weighted by molar-refractivity contribution is 0.102. The van der Waals surface area contributed by atoms with Crippen LogP contribution < -0.4 is 5.32 Å². The molecule has 0 radical (unpaired) electrons. The molecule has 1 amide bonds. The first-order valence-electron chi connectivity index (χ1n) is 6.11. The molecule has 21 heavy (non-hydrogen) atoms. The number of carbonyl (C=O) groups is 1. The third-order valence-electron chi connectivity index (χ3n) is 2.92. The van der Waals surface area contributed by atoms with Crippen LogP contribution in [0.25, 0.3) is 10.9 Å². The number of halogens is 2. The molecule has 3 aromatic rings. The largest absolute Gasteiger partial charge is 0.321 e. The van der Waals surface area contributed by atoms with Gasteiger partial charge in [0.1, 0.15) is 5.15 Å². The van der Waals surface area contributed by atoms with Gasteiger partial charge in [-0.05, 0) is 46.3 Å². The molecule has 104 valence electrons. The summed E-state index contributed by atoms with van der Waals surface area (Å²) in [7, 11) is 0. The minimum Gasteiger partial charge on any atom is -0.321 e. The summed E-state index contributed by atoms with van der Waals surface area (Å²) in [6.07, 6.45) is 3.23. The van der Waals surface area contributed by atoms with E-state index in [9.17, 15) is 4.79 Å². The van der Waals surface area contributed by atoms with Crippen molar-refractivity contribution in [3.8, 4) is 0 Å². The molecule has 0 unspecified atom stereocenters. The number of nitrogens with one attached hydrogen (secondary N) is 1. The SMILES string of the molecule is O=C(Nc1cnc(Cl)c(Br)c1)c1ccc2ncccc2c1. The summed E-state index contributed by atoms with van der Waals surface area (Å²) in [5.74, 6) is -0.211. The second-order valence-corrected chi connectivity index (χ2v) is 5.57. The third kappa shape index (κ3) is 3.04. The molecule has 4 nitrogen and oxygen atoms in total. The molecule has 0 atom stereocenters. The maximum absolute atomic E-state index is 12.2. The van der Waals surface area contributed by atoms with E-state index in [4.69, 9.17) is 11.6 Å². The third-order valence-corrected chi connectivity index (χ3v) is 4.05. The van der Waals surface area contributed by atoms with Crippen molar-refractivity contribution in [3.05, 3.63) is 64.0 Å². The summed E-state index contributed by atoms with van der Waals surface area (Å²) in [6.45, 7) is 0. The van der Waals surface area contributed by atoms with Gasteiger partial charge in [-0.3, -0.25) is 9.78 Å². The molecule has 6 heteroatoms. The monoisotopic (exact) mass is 361 g/mol. The minimum atomic E-state index is -0.211. The van der Waals surface area contributed by atoms with Gasteiger partial charge in [-0.2, -0.15) is 0 Å². The molecule has 2 heterocycles. The van der Waals surface area contributed by atoms with Crippen molar-refractivity contribution in [1.82, 2.24) is 9.97 Å². The van der Waals surface area contributed by atoms with Crippen molar-refractivity contribution >= 4 is 50.0 Å². The molecule has 0 spiro atoms. The van der Waals surface area contributed by atoms with Crippen molar-refractivity contribution in [2.45, 2.75) is 0 Å². The van der Waals surface area contributed by atoms with Crippen molar-refractivity contribution in [3.63, 3.8) is 0 Å². The fourth-order valence-electron chi connectivity index (χ4n) is 1.91. The highest BCUT2D eigenvalue weighted by molar-refractivity contribution is 9.10. The van der Waals surface area contributed by atoms with Gasteiger partial charge in [0.2, 0.25) is 0 Å². The van der Waals surface area contributed by atoms with E-state index in [0.29, 0.717) is 20.9 Å². The molecule has 0 aliphatic heterocycles. The number of hydrogen-bond acceptors (Lipinski definition) is 3. The van der Waals surface area contributed by atoms with Gasteiger partial charge in [-0.15, -0.1) is 0 Å². The number of benzene rings is 1. The highest BCUT2D eigenvalue weighted by atomic mass is 79.9. The predicted octanol–water partition coefficient (Wildman–Crippen LogP) is 4.30. The Hall–Kier alpha value is -1.98. The number of anilines is 1. The smallest absolute Gasteiger partial charge is 0.255 e. The molecule has 0 saturated carbocycles. The molecule has 0 fully saturated rings. The summed E-state index contributed by atoms with van der Waals surface area (Å²) < 4.78 is 0.629. The number of rotatable bonds is 2. The zero-order chi connectivity index (χ0) is 14.8. The quantitative estimate of drug-likeness (QED) is 0.692. The second kappa shape index (κ2) is 5.79. The molecule has 2 aromatic heterocycles. The van der Waals surface area contributed by atoms with Crippen LogP contribution in [0.5, 0.6) is 0 Å². The standard InChI is InChI=1S/C15H9BrClN3O/c16-12-7-11(8-19-14(12)17)20-15(21)10-3-4-13-9(6-10)2-1-5-18-13/h1-8H,(H,20,21). The van der Waals surface area contributed by atoms with Crippen LogP contribution in [0.1, 0.15) is 10.4 Å². The summed E-state index contributed by atoms with van der Waals surface area (Å²) in [5, 5.41) is 4.05. The Morgan fingerprint density at radius 3 is 2.86 bits per heavy atom. The zero-order valence-corrected chi connectivity index (χ0v) is 13.0. The number of hydrogen-bond donors (Lipinski definition) is 1. The highest BCUT2D eigenvalue weighted by Gasteiger charge is 2.08. The van der Waals surface area contributed by atoms with Gasteiger partial charge in [0.15, 0.2) is 0 Å². The first-order valence-corrected chi connectivity index (χ1v) is 7.28. The van der Waals surface area contributed by atoms with E-state index in [-0.39, 0.29) is 5.91 Å². The Bertz CT molecular complexity index is 838. The Balaban J connectivity index is 1.87. The van der Waals surface area contributed by atoms with E-state index < -0.39 is 0 Å². The predicted molar refractivity (Wildman–Crippen MR) is 86.6 cm³/mol. The molecule has 3 rings (SSSR count). The number of nitrogens with zero attached hydrogens (tertiary/aromatic N) is 2. The van der Waals surface area contributed by atoms with Crippen LogP contribution in [0.2, 0.25) is 5.15 Å². The van der Waals surface area contributed by atoms with Crippen LogP contribution in [0.15, 0.2) is 53.3 Å². The lowest BCUT2D eigenvalue weighted by Gasteiger charge is -2.06. The summed E-state index contributed by atoms with van der Waals surface area (Å²) in [5.41, 5.74) is 1.98. The Labute approximate surface area is 134 Å². The average molecular weight is 363 g/mol. The lowest BCUT2D eigenvalue weighted by atomic mass is 10.1. The normalized spacial score (nSPS) is 10.6. The Morgan fingerprint density at radius 2 is 2.05 bits per heavy atom. The van der Waals surface area contributed by atoms with Crippen LogP contribution in [0, 0.1) is 0 Å². The van der Waals surface area contributed by atoms with E-state index in [1.165, 1.54) is 6.20 Å². The molecule has 1 N–H and O–H groups in total. The van der Waals surface area contributed by atoms with Gasteiger partial charge < -0.3 is 5.32 Å². The first-order chi connectivity index (χ1) is 10.1. The van der Waals surface area contributed by atoms with Gasteiger partial charge in [0.25, 0.3) is 5.91 Å².